The van der Waals surface area contributed by atoms with Crippen LogP contribution in [0.5, 0.6) is 0 Å². The van der Waals surface area contributed by atoms with E-state index >= 15 is 0 Å². The van der Waals surface area contributed by atoms with Crippen molar-refractivity contribution in [1.29, 1.82) is 0 Å². The van der Waals surface area contributed by atoms with Crippen LogP contribution < -0.4 is 10.2 Å². The number of likely N-dealkylation sites (N-methyl/N-ethyl adjacent to an activating group) is 1. The number of aliphatic hydroxyl groups excluding tert-OH is 1. The molecule has 0 amide bonds. The van der Waals surface area contributed by atoms with Crippen LogP contribution in [0.3, 0.4) is 0 Å². The van der Waals surface area contributed by atoms with E-state index in [4.69, 9.17) is 0 Å². The van der Waals surface area contributed by atoms with Crippen LogP contribution in [-0.2, 0) is 9.84 Å². The van der Waals surface area contributed by atoms with E-state index in [2.05, 4.69) is 14.1 Å². The van der Waals surface area contributed by atoms with Gasteiger partial charge in [-0.1, -0.05) is 0 Å². The summed E-state index contributed by atoms with van der Waals surface area (Å²) in [6, 6.07) is -0.153. The number of hydrogen-bond acceptors (Lipinski definition) is 3. The molecule has 6 heteroatoms. The van der Waals surface area contributed by atoms with E-state index in [1.807, 2.05) is 5.32 Å². The van der Waals surface area contributed by atoms with Crippen molar-refractivity contribution in [3.8, 4) is 0 Å². The van der Waals surface area contributed by atoms with Crippen LogP contribution in [0, 0.1) is 0 Å². The van der Waals surface area contributed by atoms with Crippen molar-refractivity contribution in [2.24, 2.45) is 0 Å². The molecule has 1 fully saturated rings. The van der Waals surface area contributed by atoms with Gasteiger partial charge in [-0.15, -0.1) is 0 Å². The van der Waals surface area contributed by atoms with Gasteiger partial charge in [0, 0.05) is 0 Å². The van der Waals surface area contributed by atoms with Gasteiger partial charge in [-0.3, -0.25) is 0 Å². The lowest BCUT2D eigenvalue weighted by molar-refractivity contribution is -0.877. The van der Waals surface area contributed by atoms with Crippen molar-refractivity contribution in [1.82, 2.24) is 0 Å². The molecule has 0 radical (unpaired) electrons. The molecule has 14 heavy (non-hydrogen) atoms. The first-order valence-electron chi connectivity index (χ1n) is 4.91. The molecule has 0 bridgehead atoms. The highest BCUT2D eigenvalue weighted by Gasteiger charge is 2.38. The average Bonchev–Trinajstić information content (AvgIpc) is 2.24. The molecule has 1 aliphatic rings. The third kappa shape index (κ3) is 3.53. The van der Waals surface area contributed by atoms with Gasteiger partial charge in [-0.05, 0) is 0 Å². The average molecular weight is 224 g/mol. The molecule has 0 aromatic carbocycles. The molecule has 1 saturated heterocycles. The maximum atomic E-state index is 11.2. The number of quaternary nitrogens is 2. The van der Waals surface area contributed by atoms with Gasteiger partial charge in [0.15, 0.2) is 9.84 Å². The van der Waals surface area contributed by atoms with E-state index < -0.39 is 15.9 Å². The second kappa shape index (κ2) is 4.57. The van der Waals surface area contributed by atoms with E-state index in [0.717, 1.165) is 13.1 Å². The Hall–Kier alpha value is -0.170. The molecular formula is C8H20N2O3S+2. The van der Waals surface area contributed by atoms with Gasteiger partial charge in [0.05, 0.1) is 19.8 Å². The Kier molecular flexibility index (Phi) is 3.88. The highest BCUT2D eigenvalue weighted by molar-refractivity contribution is 7.91. The topological polar surface area (TPSA) is 75.4 Å². The third-order valence-corrected chi connectivity index (χ3v) is 4.22. The Balaban J connectivity index is 2.33. The Morgan fingerprint density at radius 1 is 1.43 bits per heavy atom. The number of aliphatic hydroxyl groups is 1. The minimum absolute atomic E-state index is 0.0665. The first-order valence-corrected chi connectivity index (χ1v) is 6.74. The zero-order valence-corrected chi connectivity index (χ0v) is 9.55. The molecule has 0 unspecified atom stereocenters. The summed E-state index contributed by atoms with van der Waals surface area (Å²) in [6.45, 7) is 1.84. The van der Waals surface area contributed by atoms with E-state index in [1.54, 1.807) is 0 Å². The molecular weight excluding hydrogens is 204 g/mol. The fraction of sp³-hybridized carbons (Fsp3) is 1.00. The highest BCUT2D eigenvalue weighted by Crippen LogP contribution is 2.08. The molecule has 0 spiro atoms. The molecule has 1 heterocycles. The summed E-state index contributed by atoms with van der Waals surface area (Å²) in [5.74, 6) is 0.0555. The number of nitrogens with two attached hydrogens (primary N) is 1. The van der Waals surface area contributed by atoms with Gasteiger partial charge >= 0.3 is 0 Å². The molecule has 2 atom stereocenters. The summed E-state index contributed by atoms with van der Waals surface area (Å²) in [5.41, 5.74) is 0. The van der Waals surface area contributed by atoms with Crippen LogP contribution in [-0.4, -0.2) is 64.4 Å². The fourth-order valence-corrected chi connectivity index (χ4v) is 3.52. The van der Waals surface area contributed by atoms with Gasteiger partial charge in [0.2, 0.25) is 0 Å². The molecule has 4 N–H and O–H groups in total. The van der Waals surface area contributed by atoms with E-state index in [-0.39, 0.29) is 17.5 Å². The van der Waals surface area contributed by atoms with Gasteiger partial charge in [0.1, 0.15) is 31.0 Å². The minimum Gasteiger partial charge on any atom is -0.386 e. The van der Waals surface area contributed by atoms with Crippen molar-refractivity contribution in [3.05, 3.63) is 0 Å². The molecule has 84 valence electrons. The third-order valence-electron chi connectivity index (χ3n) is 2.48. The van der Waals surface area contributed by atoms with E-state index in [0.29, 0.717) is 0 Å². The smallest absolute Gasteiger partial charge is 0.159 e. The van der Waals surface area contributed by atoms with Crippen molar-refractivity contribution < 1.29 is 23.7 Å². The highest BCUT2D eigenvalue weighted by atomic mass is 32.2. The summed E-state index contributed by atoms with van der Waals surface area (Å²) < 4.78 is 22.3. The van der Waals surface area contributed by atoms with Crippen molar-refractivity contribution in [2.75, 3.05) is 38.7 Å². The van der Waals surface area contributed by atoms with Gasteiger partial charge in [-0.25, -0.2) is 8.42 Å². The fourth-order valence-electron chi connectivity index (χ4n) is 1.67. The van der Waals surface area contributed by atoms with Crippen molar-refractivity contribution >= 4 is 9.84 Å². The Morgan fingerprint density at radius 3 is 2.50 bits per heavy atom. The second-order valence-corrected chi connectivity index (χ2v) is 6.44. The lowest BCUT2D eigenvalue weighted by Gasteiger charge is -2.12. The van der Waals surface area contributed by atoms with E-state index in [9.17, 15) is 13.5 Å². The number of hydrogen-bond donors (Lipinski definition) is 3. The quantitative estimate of drug-likeness (QED) is 0.454. The maximum Gasteiger partial charge on any atom is 0.159 e. The molecule has 1 aliphatic heterocycles. The Bertz CT molecular complexity index is 276. The molecule has 0 aliphatic carbocycles. The zero-order valence-electron chi connectivity index (χ0n) is 8.73. The number of rotatable bonds is 4. The predicted octanol–water partition coefficient (Wildman–Crippen LogP) is -4.15. The van der Waals surface area contributed by atoms with Gasteiger partial charge < -0.3 is 15.3 Å². The lowest BCUT2D eigenvalue weighted by atomic mass is 10.2. The summed E-state index contributed by atoms with van der Waals surface area (Å²) in [5, 5.41) is 11.4. The summed E-state index contributed by atoms with van der Waals surface area (Å²) >= 11 is 0. The molecule has 5 nitrogen and oxygen atoms in total. The summed E-state index contributed by atoms with van der Waals surface area (Å²) in [7, 11) is 1.12. The van der Waals surface area contributed by atoms with Gasteiger partial charge in [0.25, 0.3) is 0 Å². The predicted molar refractivity (Wildman–Crippen MR) is 52.9 cm³/mol. The molecule has 0 saturated carbocycles. The standard InChI is InChI=1S/C8H18N2O3S/c1-10(2)4-3-9-7-5-14(12,13)6-8(7)11/h7-9,11H,3-6H2,1-2H3/p+2/t7-,8-/m0/s1. The van der Waals surface area contributed by atoms with Crippen LogP contribution >= 0.6 is 0 Å². The molecule has 0 aromatic rings. The van der Waals surface area contributed by atoms with Crippen LogP contribution in [0.15, 0.2) is 0 Å². The first kappa shape index (κ1) is 11.9. The second-order valence-electron chi connectivity index (χ2n) is 4.29. The van der Waals surface area contributed by atoms with Crippen LogP contribution in [0.1, 0.15) is 0 Å². The Morgan fingerprint density at radius 2 is 2.07 bits per heavy atom. The van der Waals surface area contributed by atoms with Gasteiger partial charge in [-0.2, -0.15) is 0 Å². The molecule has 0 aromatic heterocycles. The minimum atomic E-state index is -2.98. The van der Waals surface area contributed by atoms with Crippen LogP contribution in [0.4, 0.5) is 0 Å². The summed E-state index contributed by atoms with van der Waals surface area (Å²) in [4.78, 5) is 1.33. The monoisotopic (exact) mass is 224 g/mol. The largest absolute Gasteiger partial charge is 0.386 e. The summed E-state index contributed by atoms with van der Waals surface area (Å²) in [6.07, 6.45) is -0.683. The Labute approximate surface area is 85.0 Å². The SMILES string of the molecule is C[NH+](C)CC[NH2+][C@H]1CS(=O)(=O)C[C@@H]1O. The van der Waals surface area contributed by atoms with Crippen molar-refractivity contribution in [2.45, 2.75) is 12.1 Å². The van der Waals surface area contributed by atoms with Crippen LogP contribution in [0.25, 0.3) is 0 Å². The van der Waals surface area contributed by atoms with Crippen molar-refractivity contribution in [3.63, 3.8) is 0 Å². The maximum absolute atomic E-state index is 11.2. The van der Waals surface area contributed by atoms with Crippen LogP contribution in [0.2, 0.25) is 0 Å². The van der Waals surface area contributed by atoms with E-state index in [1.165, 1.54) is 4.90 Å². The first-order chi connectivity index (χ1) is 6.41. The molecule has 1 rings (SSSR count). The normalized spacial score (nSPS) is 31.1. The number of sulfone groups is 1. The number of nitrogens with one attached hydrogen (secondary N) is 1. The zero-order chi connectivity index (χ0) is 10.8. The lowest BCUT2D eigenvalue weighted by Crippen LogP contribution is -3.10.